The quantitative estimate of drug-likeness (QED) is 0.494. The van der Waals surface area contributed by atoms with Gasteiger partial charge in [-0.25, -0.2) is 9.37 Å². The molecule has 150 valence electrons. The summed E-state index contributed by atoms with van der Waals surface area (Å²) < 4.78 is 26.5. The smallest absolute Gasteiger partial charge is 0.273 e. The normalized spacial score (nSPS) is 15.2. The van der Waals surface area contributed by atoms with Crippen LogP contribution in [0.2, 0.25) is 0 Å². The van der Waals surface area contributed by atoms with Crippen LogP contribution in [0.5, 0.6) is 11.5 Å². The number of aromatic nitrogens is 2. The van der Waals surface area contributed by atoms with Gasteiger partial charge in [-0.05, 0) is 36.4 Å². The highest BCUT2D eigenvalue weighted by Gasteiger charge is 2.33. The second-order valence-electron chi connectivity index (χ2n) is 6.69. The molecule has 2 aromatic heterocycles. The first-order chi connectivity index (χ1) is 14.7. The monoisotopic (exact) mass is 421 g/mol. The van der Waals surface area contributed by atoms with Gasteiger partial charge in [0.15, 0.2) is 16.6 Å². The first-order valence-corrected chi connectivity index (χ1v) is 10.2. The van der Waals surface area contributed by atoms with E-state index in [9.17, 15) is 9.18 Å². The lowest BCUT2D eigenvalue weighted by Crippen LogP contribution is -2.46. The van der Waals surface area contributed by atoms with Crippen LogP contribution in [0.1, 0.15) is 5.69 Å². The standard InChI is InChI=1S/C22H16FN3O3S/c23-15-7-5-10-19-20(15)25-22(30-19)26(12-14-6-3-4-11-24-14)21(27)18-13-28-16-8-1-2-9-17(16)29-18/h1-11,18H,12-13H2/t18-/m0/s1. The van der Waals surface area contributed by atoms with Crippen LogP contribution in [0.25, 0.3) is 10.2 Å². The van der Waals surface area contributed by atoms with Gasteiger partial charge in [0.05, 0.1) is 16.9 Å². The number of benzene rings is 2. The Morgan fingerprint density at radius 1 is 1.10 bits per heavy atom. The van der Waals surface area contributed by atoms with E-state index in [-0.39, 0.29) is 24.6 Å². The number of carbonyl (C=O) groups is 1. The summed E-state index contributed by atoms with van der Waals surface area (Å²) in [5.41, 5.74) is 0.921. The molecule has 0 spiro atoms. The Morgan fingerprint density at radius 2 is 1.93 bits per heavy atom. The number of nitrogens with zero attached hydrogens (tertiary/aromatic N) is 3. The van der Waals surface area contributed by atoms with Crippen LogP contribution in [0.4, 0.5) is 9.52 Å². The molecule has 1 aliphatic heterocycles. The van der Waals surface area contributed by atoms with Crippen LogP contribution in [0.15, 0.2) is 66.9 Å². The lowest BCUT2D eigenvalue weighted by atomic mass is 10.2. The zero-order valence-corrected chi connectivity index (χ0v) is 16.5. The number of hydrogen-bond donors (Lipinski definition) is 0. The minimum absolute atomic E-state index is 0.0772. The Morgan fingerprint density at radius 3 is 2.73 bits per heavy atom. The first-order valence-electron chi connectivity index (χ1n) is 9.34. The highest BCUT2D eigenvalue weighted by Crippen LogP contribution is 2.34. The second kappa shape index (κ2) is 7.72. The predicted octanol–water partition coefficient (Wildman–Crippen LogP) is 4.20. The zero-order valence-electron chi connectivity index (χ0n) is 15.7. The molecule has 0 N–H and O–H groups in total. The minimum atomic E-state index is -0.847. The molecule has 0 fully saturated rings. The SMILES string of the molecule is O=C([C@@H]1COc2ccccc2O1)N(Cc1ccccn1)c1nc2c(F)cccc2s1. The molecule has 0 unspecified atom stereocenters. The van der Waals surface area contributed by atoms with Crippen molar-refractivity contribution in [2.75, 3.05) is 11.5 Å². The summed E-state index contributed by atoms with van der Waals surface area (Å²) >= 11 is 1.25. The van der Waals surface area contributed by atoms with Crippen molar-refractivity contribution in [1.29, 1.82) is 0 Å². The number of halogens is 1. The largest absolute Gasteiger partial charge is 0.485 e. The molecule has 0 saturated heterocycles. The van der Waals surface area contributed by atoms with E-state index in [2.05, 4.69) is 9.97 Å². The molecule has 1 aliphatic rings. The summed E-state index contributed by atoms with van der Waals surface area (Å²) in [6, 6.07) is 17.4. The number of para-hydroxylation sites is 3. The Hall–Kier alpha value is -3.52. The molecule has 30 heavy (non-hydrogen) atoms. The van der Waals surface area contributed by atoms with E-state index < -0.39 is 11.9 Å². The zero-order chi connectivity index (χ0) is 20.5. The third kappa shape index (κ3) is 3.46. The van der Waals surface area contributed by atoms with Crippen molar-refractivity contribution in [3.05, 3.63) is 78.4 Å². The van der Waals surface area contributed by atoms with E-state index in [1.54, 1.807) is 36.5 Å². The van der Waals surface area contributed by atoms with Crippen molar-refractivity contribution in [2.24, 2.45) is 0 Å². The molecular formula is C22H16FN3O3S. The van der Waals surface area contributed by atoms with Crippen LogP contribution >= 0.6 is 11.3 Å². The minimum Gasteiger partial charge on any atom is -0.485 e. The maximum Gasteiger partial charge on any atom is 0.273 e. The number of hydrogen-bond acceptors (Lipinski definition) is 6. The Kier molecular flexibility index (Phi) is 4.76. The Labute approximate surface area is 175 Å². The fraction of sp³-hybridized carbons (Fsp3) is 0.136. The summed E-state index contributed by atoms with van der Waals surface area (Å²) in [5.74, 6) is 0.358. The molecule has 3 heterocycles. The Balaban J connectivity index is 1.50. The number of thiazole rings is 1. The second-order valence-corrected chi connectivity index (χ2v) is 7.70. The van der Waals surface area contributed by atoms with Gasteiger partial charge in [0.2, 0.25) is 6.10 Å². The van der Waals surface area contributed by atoms with Crippen molar-refractivity contribution in [2.45, 2.75) is 12.6 Å². The van der Waals surface area contributed by atoms with E-state index >= 15 is 0 Å². The Bertz CT molecular complexity index is 1210. The van der Waals surface area contributed by atoms with Crippen LogP contribution in [-0.4, -0.2) is 28.6 Å². The van der Waals surface area contributed by atoms with Crippen molar-refractivity contribution in [3.63, 3.8) is 0 Å². The summed E-state index contributed by atoms with van der Waals surface area (Å²) in [6.45, 7) is 0.260. The molecule has 4 aromatic rings. The summed E-state index contributed by atoms with van der Waals surface area (Å²) in [7, 11) is 0. The van der Waals surface area contributed by atoms with E-state index in [4.69, 9.17) is 9.47 Å². The summed E-state index contributed by atoms with van der Waals surface area (Å²) in [4.78, 5) is 23.6. The molecule has 8 heteroatoms. The maximum absolute atomic E-state index is 14.2. The van der Waals surface area contributed by atoms with Gasteiger partial charge in [-0.15, -0.1) is 0 Å². The van der Waals surface area contributed by atoms with Gasteiger partial charge in [0, 0.05) is 6.20 Å². The van der Waals surface area contributed by atoms with E-state index in [1.165, 1.54) is 22.3 Å². The van der Waals surface area contributed by atoms with Gasteiger partial charge in [-0.1, -0.05) is 35.6 Å². The van der Waals surface area contributed by atoms with Crippen molar-refractivity contribution in [3.8, 4) is 11.5 Å². The number of carbonyl (C=O) groups excluding carboxylic acids is 1. The van der Waals surface area contributed by atoms with Gasteiger partial charge in [-0.2, -0.15) is 0 Å². The third-order valence-electron chi connectivity index (χ3n) is 4.69. The number of anilines is 1. The van der Waals surface area contributed by atoms with Gasteiger partial charge in [-0.3, -0.25) is 14.7 Å². The molecule has 1 amide bonds. The number of amides is 1. The van der Waals surface area contributed by atoms with Crippen molar-refractivity contribution >= 4 is 32.6 Å². The molecule has 2 aromatic carbocycles. The van der Waals surface area contributed by atoms with Gasteiger partial charge in [0.25, 0.3) is 5.91 Å². The fourth-order valence-electron chi connectivity index (χ4n) is 3.23. The number of pyridine rings is 1. The van der Waals surface area contributed by atoms with E-state index in [0.717, 1.165) is 0 Å². The van der Waals surface area contributed by atoms with E-state index in [1.807, 2.05) is 24.3 Å². The average Bonchev–Trinajstić information content (AvgIpc) is 3.23. The average molecular weight is 421 g/mol. The van der Waals surface area contributed by atoms with Crippen LogP contribution in [-0.2, 0) is 11.3 Å². The summed E-state index contributed by atoms with van der Waals surface area (Å²) in [6.07, 6.45) is 0.812. The van der Waals surface area contributed by atoms with Crippen LogP contribution in [0.3, 0.4) is 0 Å². The number of rotatable bonds is 4. The fourth-order valence-corrected chi connectivity index (χ4v) is 4.21. The van der Waals surface area contributed by atoms with Gasteiger partial charge < -0.3 is 9.47 Å². The first kappa shape index (κ1) is 18.5. The number of ether oxygens (including phenoxy) is 2. The number of fused-ring (bicyclic) bond motifs is 2. The maximum atomic E-state index is 14.2. The van der Waals surface area contributed by atoms with Crippen molar-refractivity contribution in [1.82, 2.24) is 9.97 Å². The van der Waals surface area contributed by atoms with Gasteiger partial charge >= 0.3 is 0 Å². The van der Waals surface area contributed by atoms with Gasteiger partial charge in [0.1, 0.15) is 17.9 Å². The van der Waals surface area contributed by atoms with Crippen LogP contribution in [0, 0.1) is 5.82 Å². The molecule has 5 rings (SSSR count). The third-order valence-corrected chi connectivity index (χ3v) is 5.73. The van der Waals surface area contributed by atoms with Crippen molar-refractivity contribution < 1.29 is 18.7 Å². The predicted molar refractivity (Wildman–Crippen MR) is 111 cm³/mol. The molecular weight excluding hydrogens is 405 g/mol. The van der Waals surface area contributed by atoms with Crippen LogP contribution < -0.4 is 14.4 Å². The molecule has 6 nitrogen and oxygen atoms in total. The lowest BCUT2D eigenvalue weighted by Gasteiger charge is -2.29. The molecule has 0 bridgehead atoms. The molecule has 0 saturated carbocycles. The highest BCUT2D eigenvalue weighted by molar-refractivity contribution is 7.22. The molecule has 1 atom stereocenters. The topological polar surface area (TPSA) is 64.6 Å². The molecule has 0 radical (unpaired) electrons. The molecule has 0 aliphatic carbocycles. The highest BCUT2D eigenvalue weighted by atomic mass is 32.1. The summed E-state index contributed by atoms with van der Waals surface area (Å²) in [5, 5.41) is 0.383. The lowest BCUT2D eigenvalue weighted by molar-refractivity contribution is -0.127. The van der Waals surface area contributed by atoms with E-state index in [0.29, 0.717) is 27.0 Å².